The quantitative estimate of drug-likeness (QED) is 0.698. The Bertz CT molecular complexity index is 418. The van der Waals surface area contributed by atoms with Crippen LogP contribution in [0.25, 0.3) is 0 Å². The summed E-state index contributed by atoms with van der Waals surface area (Å²) in [5, 5.41) is 2.51. The number of ether oxygens (including phenoxy) is 1. The van der Waals surface area contributed by atoms with Gasteiger partial charge in [0.1, 0.15) is 5.75 Å². The first-order valence-corrected chi connectivity index (χ1v) is 4.01. The lowest BCUT2D eigenvalue weighted by Crippen LogP contribution is -2.31. The van der Waals surface area contributed by atoms with Gasteiger partial charge in [0.2, 0.25) is 0 Å². The number of hydrogen-bond donors (Lipinski definition) is 1. The van der Waals surface area contributed by atoms with Crippen LogP contribution in [0.3, 0.4) is 0 Å². The van der Waals surface area contributed by atoms with E-state index in [1.165, 1.54) is 7.11 Å². The van der Waals surface area contributed by atoms with E-state index in [0.29, 0.717) is 16.9 Å². The highest BCUT2D eigenvalue weighted by atomic mass is 16.5. The Labute approximate surface area is 79.5 Å². The van der Waals surface area contributed by atoms with Crippen molar-refractivity contribution in [3.63, 3.8) is 0 Å². The van der Waals surface area contributed by atoms with Crippen LogP contribution < -0.4 is 10.1 Å². The number of carbonyl (C=O) groups excluding carboxylic acids is 1. The van der Waals surface area contributed by atoms with E-state index >= 15 is 0 Å². The van der Waals surface area contributed by atoms with Crippen LogP contribution in [0.5, 0.6) is 5.75 Å². The molecule has 0 bridgehead atoms. The van der Waals surface area contributed by atoms with Gasteiger partial charge in [-0.1, -0.05) is 0 Å². The number of rotatable bonds is 1. The molecule has 0 fully saturated rings. The SMILES string of the molecule is [2H]C1([2H])CNC(=O)c2ccc(OC)cc21. The van der Waals surface area contributed by atoms with E-state index in [-0.39, 0.29) is 12.5 Å². The van der Waals surface area contributed by atoms with Gasteiger partial charge < -0.3 is 10.1 Å². The molecule has 3 nitrogen and oxygen atoms in total. The molecule has 0 radical (unpaired) electrons. The van der Waals surface area contributed by atoms with Crippen LogP contribution in [0.1, 0.15) is 18.7 Å². The van der Waals surface area contributed by atoms with Crippen LogP contribution in [0.2, 0.25) is 0 Å². The standard InChI is InChI=1S/C10H11NO2/c1-13-8-2-3-9-7(6-8)4-5-11-10(9)12/h2-3,6H,4-5H2,1H3,(H,11,12)/i4D2. The highest BCUT2D eigenvalue weighted by Gasteiger charge is 2.16. The van der Waals surface area contributed by atoms with Crippen LogP contribution in [0.15, 0.2) is 18.2 Å². The Kier molecular flexibility index (Phi) is 1.43. The van der Waals surface area contributed by atoms with E-state index in [4.69, 9.17) is 7.48 Å². The van der Waals surface area contributed by atoms with Crippen LogP contribution in [0, 0.1) is 0 Å². The first-order chi connectivity index (χ1) is 7.04. The zero-order valence-electron chi connectivity index (χ0n) is 9.26. The van der Waals surface area contributed by atoms with E-state index in [2.05, 4.69) is 5.32 Å². The third kappa shape index (κ3) is 1.37. The van der Waals surface area contributed by atoms with Crippen molar-refractivity contribution in [3.05, 3.63) is 29.3 Å². The third-order valence-corrected chi connectivity index (χ3v) is 2.00. The Hall–Kier alpha value is -1.51. The lowest BCUT2D eigenvalue weighted by atomic mass is 10.0. The van der Waals surface area contributed by atoms with Gasteiger partial charge in [-0.3, -0.25) is 4.79 Å². The van der Waals surface area contributed by atoms with Gasteiger partial charge >= 0.3 is 0 Å². The fourth-order valence-corrected chi connectivity index (χ4v) is 1.31. The monoisotopic (exact) mass is 179 g/mol. The molecule has 0 saturated carbocycles. The van der Waals surface area contributed by atoms with Crippen molar-refractivity contribution in [2.75, 3.05) is 13.7 Å². The summed E-state index contributed by atoms with van der Waals surface area (Å²) in [6.07, 6.45) is -1.53. The van der Waals surface area contributed by atoms with E-state index < -0.39 is 6.37 Å². The van der Waals surface area contributed by atoms with Gasteiger partial charge in [-0.15, -0.1) is 0 Å². The number of amides is 1. The molecular formula is C10H11NO2. The van der Waals surface area contributed by atoms with E-state index in [9.17, 15) is 4.79 Å². The molecule has 0 saturated heterocycles. The predicted octanol–water partition coefficient (Wildman–Crippen LogP) is 0.981. The molecule has 0 aromatic heterocycles. The molecule has 1 amide bonds. The van der Waals surface area contributed by atoms with E-state index in [1.54, 1.807) is 18.2 Å². The Balaban J connectivity index is 2.58. The maximum atomic E-state index is 11.5. The molecule has 1 aromatic rings. The van der Waals surface area contributed by atoms with Crippen molar-refractivity contribution >= 4 is 5.91 Å². The highest BCUT2D eigenvalue weighted by Crippen LogP contribution is 2.19. The molecule has 13 heavy (non-hydrogen) atoms. The molecule has 0 aliphatic carbocycles. The second kappa shape index (κ2) is 3.09. The van der Waals surface area contributed by atoms with Gasteiger partial charge in [0.15, 0.2) is 0 Å². The molecule has 1 heterocycles. The minimum Gasteiger partial charge on any atom is -0.497 e. The average molecular weight is 179 g/mol. The summed E-state index contributed by atoms with van der Waals surface area (Å²) < 4.78 is 20.5. The Morgan fingerprint density at radius 2 is 2.46 bits per heavy atom. The maximum absolute atomic E-state index is 11.5. The van der Waals surface area contributed by atoms with Crippen molar-refractivity contribution in [3.8, 4) is 5.75 Å². The largest absolute Gasteiger partial charge is 0.497 e. The molecule has 2 rings (SSSR count). The van der Waals surface area contributed by atoms with E-state index in [1.807, 2.05) is 0 Å². The first kappa shape index (κ1) is 6.02. The molecule has 1 aliphatic heterocycles. The molecule has 1 N–H and O–H groups in total. The number of nitrogens with one attached hydrogen (secondary N) is 1. The molecule has 68 valence electrons. The summed E-state index contributed by atoms with van der Waals surface area (Å²) in [4.78, 5) is 11.5. The minimum atomic E-state index is -1.53. The number of hydrogen-bond acceptors (Lipinski definition) is 2. The van der Waals surface area contributed by atoms with Gasteiger partial charge in [0, 0.05) is 14.8 Å². The predicted molar refractivity (Wildman–Crippen MR) is 49.0 cm³/mol. The fraction of sp³-hybridized carbons (Fsp3) is 0.300. The summed E-state index contributed by atoms with van der Waals surface area (Å²) >= 11 is 0. The first-order valence-electron chi connectivity index (χ1n) is 5.01. The normalized spacial score (nSPS) is 20.8. The maximum Gasteiger partial charge on any atom is 0.251 e. The minimum absolute atomic E-state index is 0.00595. The van der Waals surface area contributed by atoms with Gasteiger partial charge in [-0.2, -0.15) is 0 Å². The Morgan fingerprint density at radius 1 is 1.62 bits per heavy atom. The topological polar surface area (TPSA) is 38.3 Å². The van der Waals surface area contributed by atoms with Gasteiger partial charge in [0.05, 0.1) is 7.11 Å². The lowest BCUT2D eigenvalue weighted by Gasteiger charge is -2.16. The van der Waals surface area contributed by atoms with Crippen LogP contribution >= 0.6 is 0 Å². The summed E-state index contributed by atoms with van der Waals surface area (Å²) in [6, 6.07) is 4.81. The van der Waals surface area contributed by atoms with Crippen molar-refractivity contribution in [1.29, 1.82) is 0 Å². The smallest absolute Gasteiger partial charge is 0.251 e. The number of methoxy groups -OCH3 is 1. The average Bonchev–Trinajstić information content (AvgIpc) is 2.24. The molecule has 0 spiro atoms. The summed E-state index contributed by atoms with van der Waals surface area (Å²) in [6.45, 7) is 0.00595. The summed E-state index contributed by atoms with van der Waals surface area (Å²) in [5.74, 6) is 0.329. The number of fused-ring (bicyclic) bond motifs is 1. The third-order valence-electron chi connectivity index (χ3n) is 2.00. The van der Waals surface area contributed by atoms with Gasteiger partial charge in [0.25, 0.3) is 5.91 Å². The second-order valence-corrected chi connectivity index (χ2v) is 2.77. The van der Waals surface area contributed by atoms with Crippen molar-refractivity contribution in [2.24, 2.45) is 0 Å². The summed E-state index contributed by atoms with van der Waals surface area (Å²) in [5.41, 5.74) is 0.776. The van der Waals surface area contributed by atoms with Crippen molar-refractivity contribution in [2.45, 2.75) is 6.37 Å². The molecule has 0 atom stereocenters. The van der Waals surface area contributed by atoms with E-state index in [0.717, 1.165) is 0 Å². The van der Waals surface area contributed by atoms with Gasteiger partial charge in [-0.05, 0) is 30.1 Å². The molecular weight excluding hydrogens is 166 g/mol. The molecule has 0 unspecified atom stereocenters. The van der Waals surface area contributed by atoms with Crippen molar-refractivity contribution in [1.82, 2.24) is 5.32 Å². The lowest BCUT2D eigenvalue weighted by molar-refractivity contribution is 0.0946. The fourth-order valence-electron chi connectivity index (χ4n) is 1.31. The summed E-state index contributed by atoms with van der Waals surface area (Å²) in [7, 11) is 1.51. The molecule has 1 aliphatic rings. The Morgan fingerprint density at radius 3 is 3.23 bits per heavy atom. The zero-order chi connectivity index (χ0) is 11.1. The second-order valence-electron chi connectivity index (χ2n) is 2.77. The molecule has 1 aromatic carbocycles. The van der Waals surface area contributed by atoms with Crippen molar-refractivity contribution < 1.29 is 12.3 Å². The van der Waals surface area contributed by atoms with Crippen LogP contribution in [-0.4, -0.2) is 19.6 Å². The number of benzene rings is 1. The number of carbonyl (C=O) groups is 1. The zero-order valence-corrected chi connectivity index (χ0v) is 7.26. The van der Waals surface area contributed by atoms with Crippen LogP contribution in [-0.2, 0) is 6.37 Å². The molecule has 3 heteroatoms. The highest BCUT2D eigenvalue weighted by molar-refractivity contribution is 5.96. The van der Waals surface area contributed by atoms with Gasteiger partial charge in [-0.25, -0.2) is 0 Å². The van der Waals surface area contributed by atoms with Crippen LogP contribution in [0.4, 0.5) is 0 Å².